The van der Waals surface area contributed by atoms with Gasteiger partial charge in [-0.15, -0.1) is 4.68 Å². The van der Waals surface area contributed by atoms with Crippen LogP contribution in [0.3, 0.4) is 0 Å². The van der Waals surface area contributed by atoms with Crippen LogP contribution < -0.4 is 10.5 Å². The summed E-state index contributed by atoms with van der Waals surface area (Å²) in [5, 5.41) is 4.00. The Morgan fingerprint density at radius 1 is 1.45 bits per heavy atom. The van der Waals surface area contributed by atoms with Crippen LogP contribution in [0.25, 0.3) is 11.0 Å². The molecule has 0 aliphatic carbocycles. The second-order valence-corrected chi connectivity index (χ2v) is 2.45. The van der Waals surface area contributed by atoms with E-state index in [-0.39, 0.29) is 0 Å². The molecule has 0 fully saturated rings. The number of nitrogen functional groups attached to an aromatic ring is 1. The zero-order chi connectivity index (χ0) is 7.84. The van der Waals surface area contributed by atoms with Gasteiger partial charge in [0.05, 0.1) is 0 Å². The Morgan fingerprint density at radius 2 is 2.18 bits per heavy atom. The van der Waals surface area contributed by atoms with Crippen molar-refractivity contribution in [2.24, 2.45) is 7.05 Å². The minimum atomic E-state index is 0.940. The molecule has 0 aliphatic heterocycles. The van der Waals surface area contributed by atoms with Gasteiger partial charge in [0.2, 0.25) is 11.0 Å². The van der Waals surface area contributed by atoms with Gasteiger partial charge in [0, 0.05) is 0 Å². The second-order valence-electron chi connectivity index (χ2n) is 2.45. The molecule has 4 nitrogen and oxygen atoms in total. The van der Waals surface area contributed by atoms with Crippen molar-refractivity contribution in [3.63, 3.8) is 0 Å². The van der Waals surface area contributed by atoms with Crippen molar-refractivity contribution < 1.29 is 4.68 Å². The number of nitrogens with two attached hydrogens (primary N) is 1. The first-order chi connectivity index (χ1) is 5.29. The second kappa shape index (κ2) is 1.95. The topological polar surface area (TPSA) is 47.7 Å². The standard InChI is InChI=1S/C7H9N4/c1-10-6-4-2-3-5-7(6)11(8)9-10/h2-5H,1H3,(H2,8,9)/q+1. The van der Waals surface area contributed by atoms with Crippen LogP contribution in [0, 0.1) is 0 Å². The van der Waals surface area contributed by atoms with E-state index < -0.39 is 0 Å². The van der Waals surface area contributed by atoms with Crippen molar-refractivity contribution in [2.75, 3.05) is 5.84 Å². The van der Waals surface area contributed by atoms with Crippen molar-refractivity contribution in [1.29, 1.82) is 0 Å². The van der Waals surface area contributed by atoms with Gasteiger partial charge in [-0.2, -0.15) is 0 Å². The molecule has 56 valence electrons. The molecule has 1 aromatic heterocycles. The van der Waals surface area contributed by atoms with Gasteiger partial charge in [0.25, 0.3) is 0 Å². The SMILES string of the molecule is C[n+]1nn(N)c2ccccc21. The minimum absolute atomic E-state index is 0.940. The molecular formula is C7H9N4+. The van der Waals surface area contributed by atoms with E-state index in [2.05, 4.69) is 5.21 Å². The fourth-order valence-corrected chi connectivity index (χ4v) is 1.17. The molecule has 0 unspecified atom stereocenters. The maximum Gasteiger partial charge on any atom is 0.227 e. The van der Waals surface area contributed by atoms with Crippen LogP contribution in [-0.4, -0.2) is 10.0 Å². The van der Waals surface area contributed by atoms with E-state index in [4.69, 9.17) is 5.84 Å². The number of hydrogen-bond acceptors (Lipinski definition) is 2. The van der Waals surface area contributed by atoms with E-state index in [0.717, 1.165) is 11.0 Å². The van der Waals surface area contributed by atoms with Crippen LogP contribution in [0.15, 0.2) is 24.3 Å². The van der Waals surface area contributed by atoms with E-state index >= 15 is 0 Å². The number of aromatic nitrogens is 3. The third-order valence-electron chi connectivity index (χ3n) is 1.71. The molecule has 2 aromatic rings. The van der Waals surface area contributed by atoms with E-state index in [1.165, 1.54) is 4.79 Å². The van der Waals surface area contributed by atoms with Gasteiger partial charge in [0.15, 0.2) is 0 Å². The normalized spacial score (nSPS) is 10.6. The zero-order valence-electron chi connectivity index (χ0n) is 6.23. The fraction of sp³-hybridized carbons (Fsp3) is 0.143. The van der Waals surface area contributed by atoms with Crippen molar-refractivity contribution >= 4 is 11.0 Å². The van der Waals surface area contributed by atoms with Crippen molar-refractivity contribution in [1.82, 2.24) is 10.0 Å². The van der Waals surface area contributed by atoms with Gasteiger partial charge in [-0.1, -0.05) is 12.1 Å². The molecule has 0 aliphatic rings. The van der Waals surface area contributed by atoms with Crippen LogP contribution in [0.1, 0.15) is 0 Å². The summed E-state index contributed by atoms with van der Waals surface area (Å²) >= 11 is 0. The number of fused-ring (bicyclic) bond motifs is 1. The summed E-state index contributed by atoms with van der Waals surface area (Å²) in [6, 6.07) is 7.81. The fourth-order valence-electron chi connectivity index (χ4n) is 1.17. The quantitative estimate of drug-likeness (QED) is 0.408. The number of benzene rings is 1. The molecule has 1 aromatic carbocycles. The Labute approximate surface area is 63.8 Å². The summed E-state index contributed by atoms with van der Waals surface area (Å²) in [7, 11) is 1.87. The molecule has 2 N–H and O–H groups in total. The predicted molar refractivity (Wildman–Crippen MR) is 41.1 cm³/mol. The van der Waals surface area contributed by atoms with Crippen LogP contribution in [0.4, 0.5) is 0 Å². The third kappa shape index (κ3) is 0.756. The van der Waals surface area contributed by atoms with Crippen LogP contribution in [0.5, 0.6) is 0 Å². The van der Waals surface area contributed by atoms with Crippen LogP contribution >= 0.6 is 0 Å². The first kappa shape index (κ1) is 6.15. The average Bonchev–Trinajstić information content (AvgIpc) is 2.30. The molecule has 0 spiro atoms. The maximum absolute atomic E-state index is 5.56. The van der Waals surface area contributed by atoms with Gasteiger partial charge in [0.1, 0.15) is 12.3 Å². The highest BCUT2D eigenvalue weighted by Gasteiger charge is 2.10. The Morgan fingerprint density at radius 3 is 2.91 bits per heavy atom. The molecule has 0 saturated heterocycles. The van der Waals surface area contributed by atoms with Gasteiger partial charge in [-0.25, -0.2) is 5.84 Å². The number of nitrogens with zero attached hydrogens (tertiary/aromatic N) is 3. The van der Waals surface area contributed by atoms with E-state index in [9.17, 15) is 0 Å². The summed E-state index contributed by atoms with van der Waals surface area (Å²) in [6.07, 6.45) is 0. The summed E-state index contributed by atoms with van der Waals surface area (Å²) < 4.78 is 1.75. The molecule has 0 radical (unpaired) electrons. The number of aryl methyl sites for hydroxylation is 1. The first-order valence-corrected chi connectivity index (χ1v) is 3.38. The smallest absolute Gasteiger partial charge is 0.227 e. The molecular weight excluding hydrogens is 140 g/mol. The monoisotopic (exact) mass is 149 g/mol. The molecule has 0 bridgehead atoms. The Hall–Kier alpha value is -1.58. The van der Waals surface area contributed by atoms with Crippen LogP contribution in [-0.2, 0) is 7.05 Å². The third-order valence-corrected chi connectivity index (χ3v) is 1.71. The average molecular weight is 149 g/mol. The molecule has 0 amide bonds. The molecule has 2 rings (SSSR count). The lowest BCUT2D eigenvalue weighted by Crippen LogP contribution is -2.32. The largest absolute Gasteiger partial charge is 0.248 e. The van der Waals surface area contributed by atoms with Crippen LogP contribution in [0.2, 0.25) is 0 Å². The number of rotatable bonds is 0. The van der Waals surface area contributed by atoms with E-state index in [1.807, 2.05) is 31.3 Å². The maximum atomic E-state index is 5.56. The molecule has 1 heterocycles. The molecule has 11 heavy (non-hydrogen) atoms. The Kier molecular flexibility index (Phi) is 1.09. The highest BCUT2D eigenvalue weighted by atomic mass is 15.6. The van der Waals surface area contributed by atoms with E-state index in [0.29, 0.717) is 0 Å². The lowest BCUT2D eigenvalue weighted by molar-refractivity contribution is -0.708. The van der Waals surface area contributed by atoms with E-state index in [1.54, 1.807) is 4.68 Å². The van der Waals surface area contributed by atoms with Crippen molar-refractivity contribution in [3.05, 3.63) is 24.3 Å². The first-order valence-electron chi connectivity index (χ1n) is 3.38. The van der Waals surface area contributed by atoms with Gasteiger partial charge in [-0.3, -0.25) is 0 Å². The predicted octanol–water partition coefficient (Wildman–Crippen LogP) is -0.425. The summed E-state index contributed by atoms with van der Waals surface area (Å²) in [6.45, 7) is 0. The lowest BCUT2D eigenvalue weighted by Gasteiger charge is -1.80. The van der Waals surface area contributed by atoms with Crippen molar-refractivity contribution in [3.8, 4) is 0 Å². The molecule has 4 heteroatoms. The van der Waals surface area contributed by atoms with Crippen molar-refractivity contribution in [2.45, 2.75) is 0 Å². The van der Waals surface area contributed by atoms with Gasteiger partial charge in [-0.05, 0) is 16.9 Å². The number of para-hydroxylation sites is 2. The zero-order valence-corrected chi connectivity index (χ0v) is 6.23. The summed E-state index contributed by atoms with van der Waals surface area (Å²) in [5.41, 5.74) is 1.98. The molecule has 0 atom stereocenters. The van der Waals surface area contributed by atoms with Gasteiger partial charge >= 0.3 is 0 Å². The lowest BCUT2D eigenvalue weighted by atomic mass is 10.3. The highest BCUT2D eigenvalue weighted by molar-refractivity contribution is 5.70. The molecule has 0 saturated carbocycles. The minimum Gasteiger partial charge on any atom is -0.248 e. The number of hydrogen-bond donors (Lipinski definition) is 1. The summed E-state index contributed by atoms with van der Waals surface area (Å²) in [5.74, 6) is 5.56. The Bertz CT molecular complexity index is 354. The summed E-state index contributed by atoms with van der Waals surface area (Å²) in [4.78, 5) is 1.37. The van der Waals surface area contributed by atoms with Gasteiger partial charge < -0.3 is 0 Å². The highest BCUT2D eigenvalue weighted by Crippen LogP contribution is 2.04. The Balaban J connectivity index is 2.95.